The first kappa shape index (κ1) is 14.5. The van der Waals surface area contributed by atoms with Crippen LogP contribution in [0.4, 0.5) is 0 Å². The zero-order valence-electron chi connectivity index (χ0n) is 11.8. The number of ether oxygens (including phenoxy) is 1. The summed E-state index contributed by atoms with van der Waals surface area (Å²) in [4.78, 5) is 14.9. The summed E-state index contributed by atoms with van der Waals surface area (Å²) in [5.74, 6) is -0.295. The number of aryl methyl sites for hydroxylation is 2. The van der Waals surface area contributed by atoms with Crippen molar-refractivity contribution in [1.29, 1.82) is 5.26 Å². The van der Waals surface area contributed by atoms with E-state index in [0.29, 0.717) is 18.1 Å². The van der Waals surface area contributed by atoms with Gasteiger partial charge in [0.1, 0.15) is 24.1 Å². The highest BCUT2D eigenvalue weighted by Crippen LogP contribution is 2.25. The number of rotatable bonds is 4. The molecule has 0 radical (unpaired) electrons. The van der Waals surface area contributed by atoms with Crippen LogP contribution in [0.25, 0.3) is 0 Å². The van der Waals surface area contributed by atoms with E-state index >= 15 is 0 Å². The Balaban J connectivity index is 2.20. The minimum absolute atomic E-state index is 0.244. The molecule has 0 fully saturated rings. The molecule has 1 aromatic carbocycles. The lowest BCUT2D eigenvalue weighted by molar-refractivity contribution is 0.0696. The van der Waals surface area contributed by atoms with E-state index in [1.54, 1.807) is 30.5 Å². The van der Waals surface area contributed by atoms with Gasteiger partial charge in [-0.2, -0.15) is 5.26 Å². The molecule has 21 heavy (non-hydrogen) atoms. The average molecular weight is 282 g/mol. The minimum Gasteiger partial charge on any atom is -0.488 e. The Bertz CT molecular complexity index is 710. The highest BCUT2D eigenvalue weighted by molar-refractivity contribution is 5.88. The Hall–Kier alpha value is -2.87. The predicted molar refractivity (Wildman–Crippen MR) is 76.2 cm³/mol. The number of carbonyl (C=O) groups is 1. The van der Waals surface area contributed by atoms with Gasteiger partial charge < -0.3 is 9.84 Å². The summed E-state index contributed by atoms with van der Waals surface area (Å²) < 4.78 is 5.76. The van der Waals surface area contributed by atoms with Crippen LogP contribution in [-0.2, 0) is 6.61 Å². The fraction of sp³-hybridized carbons (Fsp3) is 0.188. The molecule has 5 nitrogen and oxygen atoms in total. The van der Waals surface area contributed by atoms with Crippen molar-refractivity contribution in [2.75, 3.05) is 0 Å². The van der Waals surface area contributed by atoms with Gasteiger partial charge in [-0.15, -0.1) is 0 Å². The van der Waals surface area contributed by atoms with Crippen LogP contribution in [0.1, 0.15) is 32.7 Å². The highest BCUT2D eigenvalue weighted by atomic mass is 16.5. The van der Waals surface area contributed by atoms with E-state index in [0.717, 1.165) is 16.7 Å². The second-order valence-corrected chi connectivity index (χ2v) is 4.69. The fourth-order valence-electron chi connectivity index (χ4n) is 2.08. The molecule has 0 aliphatic carbocycles. The number of benzene rings is 1. The van der Waals surface area contributed by atoms with Crippen LogP contribution in [0.5, 0.6) is 5.75 Å². The van der Waals surface area contributed by atoms with Gasteiger partial charge >= 0.3 is 5.97 Å². The van der Waals surface area contributed by atoms with Crippen molar-refractivity contribution in [3.63, 3.8) is 0 Å². The minimum atomic E-state index is -0.958. The highest BCUT2D eigenvalue weighted by Gasteiger charge is 2.11. The maximum absolute atomic E-state index is 11.0. The van der Waals surface area contributed by atoms with E-state index in [4.69, 9.17) is 15.1 Å². The van der Waals surface area contributed by atoms with Crippen molar-refractivity contribution in [2.24, 2.45) is 0 Å². The summed E-state index contributed by atoms with van der Waals surface area (Å²) in [5, 5.41) is 17.8. The van der Waals surface area contributed by atoms with Crippen LogP contribution in [0.15, 0.2) is 30.5 Å². The monoisotopic (exact) mass is 282 g/mol. The summed E-state index contributed by atoms with van der Waals surface area (Å²) >= 11 is 0. The Kier molecular flexibility index (Phi) is 4.19. The van der Waals surface area contributed by atoms with Gasteiger partial charge in [0.15, 0.2) is 0 Å². The molecule has 0 bridgehead atoms. The number of carboxylic acid groups (broad SMARTS) is 1. The number of carboxylic acids is 1. The van der Waals surface area contributed by atoms with Gasteiger partial charge in [-0.05, 0) is 54.8 Å². The van der Waals surface area contributed by atoms with Crippen LogP contribution >= 0.6 is 0 Å². The lowest BCUT2D eigenvalue weighted by Gasteiger charge is -2.13. The molecule has 2 rings (SSSR count). The molecule has 0 spiro atoms. The summed E-state index contributed by atoms with van der Waals surface area (Å²) in [6.45, 7) is 3.91. The summed E-state index contributed by atoms with van der Waals surface area (Å²) in [7, 11) is 0. The summed E-state index contributed by atoms with van der Waals surface area (Å²) in [6, 6.07) is 8.58. The molecule has 5 heteroatoms. The maximum Gasteiger partial charge on any atom is 0.335 e. The van der Waals surface area contributed by atoms with Gasteiger partial charge in [0, 0.05) is 6.20 Å². The number of aromatic carboxylic acids is 1. The van der Waals surface area contributed by atoms with Gasteiger partial charge in [0.2, 0.25) is 0 Å². The zero-order valence-corrected chi connectivity index (χ0v) is 11.8. The first-order valence-electron chi connectivity index (χ1n) is 6.33. The zero-order chi connectivity index (χ0) is 15.4. The first-order chi connectivity index (χ1) is 10.0. The van der Waals surface area contributed by atoms with Crippen molar-refractivity contribution in [3.8, 4) is 11.8 Å². The van der Waals surface area contributed by atoms with Crippen molar-refractivity contribution in [1.82, 2.24) is 4.98 Å². The molecule has 0 aliphatic rings. The molecule has 1 heterocycles. The number of nitrogens with zero attached hydrogens (tertiary/aromatic N) is 2. The molecule has 2 aromatic rings. The first-order valence-corrected chi connectivity index (χ1v) is 6.33. The maximum atomic E-state index is 11.0. The third-order valence-corrected chi connectivity index (χ3v) is 3.03. The quantitative estimate of drug-likeness (QED) is 0.932. The number of pyridine rings is 1. The van der Waals surface area contributed by atoms with E-state index < -0.39 is 5.97 Å². The molecule has 1 N–H and O–H groups in total. The van der Waals surface area contributed by atoms with Crippen LogP contribution in [0, 0.1) is 25.2 Å². The topological polar surface area (TPSA) is 83.2 Å². The van der Waals surface area contributed by atoms with Crippen molar-refractivity contribution in [3.05, 3.63) is 58.4 Å². The second kappa shape index (κ2) is 6.06. The normalized spacial score (nSPS) is 9.95. The van der Waals surface area contributed by atoms with Gasteiger partial charge in [-0.25, -0.2) is 9.78 Å². The van der Waals surface area contributed by atoms with E-state index in [2.05, 4.69) is 4.98 Å². The SMILES string of the molecule is Cc1cc(C(=O)O)cc(C)c1OCc1ccnc(C#N)c1. The molecule has 0 aliphatic heterocycles. The lowest BCUT2D eigenvalue weighted by atomic mass is 10.1. The Labute approximate surface area is 122 Å². The third-order valence-electron chi connectivity index (χ3n) is 3.03. The van der Waals surface area contributed by atoms with E-state index in [1.807, 2.05) is 19.9 Å². The third kappa shape index (κ3) is 3.37. The van der Waals surface area contributed by atoms with Crippen LogP contribution < -0.4 is 4.74 Å². The van der Waals surface area contributed by atoms with Crippen LogP contribution in [0.3, 0.4) is 0 Å². The molecule has 106 valence electrons. The smallest absolute Gasteiger partial charge is 0.335 e. The Morgan fingerprint density at radius 3 is 2.57 bits per heavy atom. The molecule has 0 atom stereocenters. The van der Waals surface area contributed by atoms with E-state index in [-0.39, 0.29) is 5.56 Å². The summed E-state index contributed by atoms with van der Waals surface area (Å²) in [6.07, 6.45) is 1.56. The fourth-order valence-corrected chi connectivity index (χ4v) is 2.08. The Morgan fingerprint density at radius 1 is 1.33 bits per heavy atom. The van der Waals surface area contributed by atoms with E-state index in [9.17, 15) is 4.79 Å². The molecule has 0 amide bonds. The van der Waals surface area contributed by atoms with Crippen LogP contribution in [0.2, 0.25) is 0 Å². The molecule has 0 saturated heterocycles. The second-order valence-electron chi connectivity index (χ2n) is 4.69. The van der Waals surface area contributed by atoms with Crippen molar-refractivity contribution < 1.29 is 14.6 Å². The summed E-state index contributed by atoms with van der Waals surface area (Å²) in [5.41, 5.74) is 2.95. The van der Waals surface area contributed by atoms with Crippen molar-refractivity contribution in [2.45, 2.75) is 20.5 Å². The largest absolute Gasteiger partial charge is 0.488 e. The molecule has 0 unspecified atom stereocenters. The van der Waals surface area contributed by atoms with E-state index in [1.165, 1.54) is 0 Å². The van der Waals surface area contributed by atoms with Crippen molar-refractivity contribution >= 4 is 5.97 Å². The van der Waals surface area contributed by atoms with Gasteiger partial charge in [-0.1, -0.05) is 0 Å². The molecular formula is C16H14N2O3. The number of aromatic nitrogens is 1. The van der Waals surface area contributed by atoms with Gasteiger partial charge in [0.05, 0.1) is 5.56 Å². The predicted octanol–water partition coefficient (Wildman–Crippen LogP) is 2.85. The lowest BCUT2D eigenvalue weighted by Crippen LogP contribution is -2.03. The molecule has 1 aromatic heterocycles. The van der Waals surface area contributed by atoms with Gasteiger partial charge in [0.25, 0.3) is 0 Å². The van der Waals surface area contributed by atoms with Gasteiger partial charge in [-0.3, -0.25) is 0 Å². The number of hydrogen-bond acceptors (Lipinski definition) is 4. The Morgan fingerprint density at radius 2 is 2.00 bits per heavy atom. The molecular weight excluding hydrogens is 268 g/mol. The standard InChI is InChI=1S/C16H14N2O3/c1-10-5-13(16(19)20)6-11(2)15(10)21-9-12-3-4-18-14(7-12)8-17/h3-7H,9H2,1-2H3,(H,19,20). The molecule has 0 saturated carbocycles. The van der Waals surface area contributed by atoms with Crippen LogP contribution in [-0.4, -0.2) is 16.1 Å². The average Bonchev–Trinajstić information content (AvgIpc) is 2.46. The number of nitriles is 1. The number of hydrogen-bond donors (Lipinski definition) is 1.